The highest BCUT2D eigenvalue weighted by Crippen LogP contribution is 2.49. The number of para-hydroxylation sites is 1. The van der Waals surface area contributed by atoms with E-state index in [1.54, 1.807) is 0 Å². The highest BCUT2D eigenvalue weighted by atomic mass is 28.4. The molecule has 0 amide bonds. The zero-order valence-electron chi connectivity index (χ0n) is 15.1. The van der Waals surface area contributed by atoms with Gasteiger partial charge in [0, 0.05) is 18.0 Å². The van der Waals surface area contributed by atoms with E-state index in [9.17, 15) is 0 Å². The van der Waals surface area contributed by atoms with Crippen LogP contribution in [0.15, 0.2) is 48.2 Å². The maximum absolute atomic E-state index is 6.46. The number of rotatable bonds is 4. The van der Waals surface area contributed by atoms with Crippen molar-refractivity contribution in [2.45, 2.75) is 57.2 Å². The molecule has 1 aliphatic heterocycles. The molecule has 3 heteroatoms. The van der Waals surface area contributed by atoms with E-state index < -0.39 is 8.32 Å². The van der Waals surface area contributed by atoms with Crippen LogP contribution in [0.4, 0.5) is 5.69 Å². The Morgan fingerprint density at radius 3 is 2.70 bits per heavy atom. The van der Waals surface area contributed by atoms with Crippen LogP contribution in [0.5, 0.6) is 0 Å². The van der Waals surface area contributed by atoms with Crippen molar-refractivity contribution >= 4 is 14.0 Å². The van der Waals surface area contributed by atoms with Crippen LogP contribution in [0, 0.1) is 0 Å². The van der Waals surface area contributed by atoms with E-state index >= 15 is 0 Å². The largest absolute Gasteiger partial charge is 0.417 e. The van der Waals surface area contributed by atoms with Crippen LogP contribution in [-0.4, -0.2) is 14.9 Å². The van der Waals surface area contributed by atoms with E-state index in [4.69, 9.17) is 4.43 Å². The predicted molar refractivity (Wildman–Crippen MR) is 101 cm³/mol. The van der Waals surface area contributed by atoms with E-state index in [2.05, 4.69) is 81.7 Å². The summed E-state index contributed by atoms with van der Waals surface area (Å²) in [5.41, 5.74) is 3.95. The monoisotopic (exact) mass is 327 g/mol. The van der Waals surface area contributed by atoms with Gasteiger partial charge in [-0.05, 0) is 42.6 Å². The van der Waals surface area contributed by atoms with Crippen molar-refractivity contribution in [3.05, 3.63) is 53.8 Å². The summed E-state index contributed by atoms with van der Waals surface area (Å²) in [4.78, 5) is 0. The van der Waals surface area contributed by atoms with E-state index in [0.29, 0.717) is 0 Å². The standard InChI is InChI=1S/C20H29NOSi/c1-19(2,3)23(4,5)22-15-14-20-13-9-8-12-18(20)21-17-11-7-6-10-16(17)20/h6-7,9-13,21H,8,14-15H2,1-5H3/t20-/m0/s1. The van der Waals surface area contributed by atoms with Crippen LogP contribution in [0.1, 0.15) is 39.2 Å². The molecular formula is C20H29NOSi. The summed E-state index contributed by atoms with van der Waals surface area (Å²) in [6, 6.07) is 8.68. The highest BCUT2D eigenvalue weighted by Gasteiger charge is 2.43. The summed E-state index contributed by atoms with van der Waals surface area (Å²) in [6.07, 6.45) is 9.02. The molecule has 1 heterocycles. The average Bonchev–Trinajstić information content (AvgIpc) is 2.80. The topological polar surface area (TPSA) is 21.3 Å². The fraction of sp³-hybridized carbons (Fsp3) is 0.500. The lowest BCUT2D eigenvalue weighted by atomic mass is 9.74. The first-order valence-electron chi connectivity index (χ1n) is 8.65. The van der Waals surface area contributed by atoms with Crippen molar-refractivity contribution in [2.75, 3.05) is 11.9 Å². The van der Waals surface area contributed by atoms with Gasteiger partial charge < -0.3 is 9.74 Å². The van der Waals surface area contributed by atoms with Gasteiger partial charge in [-0.2, -0.15) is 0 Å². The van der Waals surface area contributed by atoms with Crippen LogP contribution < -0.4 is 5.32 Å². The lowest BCUT2D eigenvalue weighted by Crippen LogP contribution is -2.42. The molecule has 0 fully saturated rings. The Kier molecular flexibility index (Phi) is 4.05. The van der Waals surface area contributed by atoms with Gasteiger partial charge in [-0.3, -0.25) is 0 Å². The number of allylic oxidation sites excluding steroid dienone is 3. The summed E-state index contributed by atoms with van der Waals surface area (Å²) >= 11 is 0. The van der Waals surface area contributed by atoms with Crippen molar-refractivity contribution in [2.24, 2.45) is 0 Å². The van der Waals surface area contributed by atoms with Gasteiger partial charge in [0.1, 0.15) is 0 Å². The molecule has 0 spiro atoms. The first-order valence-corrected chi connectivity index (χ1v) is 11.6. The Balaban J connectivity index is 1.82. The van der Waals surface area contributed by atoms with Crippen LogP contribution in [-0.2, 0) is 9.84 Å². The summed E-state index contributed by atoms with van der Waals surface area (Å²) in [5.74, 6) is 0. The van der Waals surface area contributed by atoms with E-state index in [1.807, 2.05) is 0 Å². The van der Waals surface area contributed by atoms with Crippen LogP contribution in [0.3, 0.4) is 0 Å². The average molecular weight is 328 g/mol. The molecule has 0 aromatic heterocycles. The number of hydrogen-bond acceptors (Lipinski definition) is 2. The minimum atomic E-state index is -1.69. The van der Waals surface area contributed by atoms with Gasteiger partial charge in [-0.1, -0.05) is 57.2 Å². The van der Waals surface area contributed by atoms with Crippen molar-refractivity contribution in [3.8, 4) is 0 Å². The smallest absolute Gasteiger partial charge is 0.191 e. The third-order valence-electron chi connectivity index (χ3n) is 5.78. The molecule has 1 N–H and O–H groups in total. The molecule has 2 aliphatic rings. The molecule has 3 rings (SSSR count). The van der Waals surface area contributed by atoms with E-state index in [1.165, 1.54) is 16.9 Å². The lowest BCUT2D eigenvalue weighted by molar-refractivity contribution is 0.264. The third-order valence-corrected chi connectivity index (χ3v) is 10.3. The molecule has 124 valence electrons. The van der Waals surface area contributed by atoms with Crippen LogP contribution >= 0.6 is 0 Å². The van der Waals surface area contributed by atoms with Crippen molar-refractivity contribution < 1.29 is 4.43 Å². The fourth-order valence-corrected chi connectivity index (χ4v) is 4.33. The first-order chi connectivity index (χ1) is 10.8. The van der Waals surface area contributed by atoms with Gasteiger partial charge in [0.15, 0.2) is 8.32 Å². The van der Waals surface area contributed by atoms with Gasteiger partial charge in [0.05, 0.1) is 5.41 Å². The predicted octanol–water partition coefficient (Wildman–Crippen LogP) is 5.61. The quantitative estimate of drug-likeness (QED) is 0.573. The lowest BCUT2D eigenvalue weighted by Gasteiger charge is -2.38. The maximum atomic E-state index is 6.46. The summed E-state index contributed by atoms with van der Waals surface area (Å²) in [7, 11) is -1.69. The molecule has 1 aromatic rings. The fourth-order valence-electron chi connectivity index (χ4n) is 3.29. The number of benzene rings is 1. The first kappa shape index (κ1) is 16.5. The normalized spacial score (nSPS) is 23.1. The summed E-state index contributed by atoms with van der Waals surface area (Å²) in [6.45, 7) is 12.4. The van der Waals surface area contributed by atoms with Crippen LogP contribution in [0.2, 0.25) is 18.1 Å². The van der Waals surface area contributed by atoms with Crippen molar-refractivity contribution in [3.63, 3.8) is 0 Å². The second-order valence-corrected chi connectivity index (χ2v) is 13.1. The van der Waals surface area contributed by atoms with Gasteiger partial charge in [0.2, 0.25) is 0 Å². The Hall–Kier alpha value is -1.32. The second-order valence-electron chi connectivity index (χ2n) is 8.26. The SMILES string of the molecule is CC(C)(C)[Si](C)(C)OCC[C@]12C=CCC=C1Nc1ccccc12. The molecule has 1 aliphatic carbocycles. The zero-order valence-corrected chi connectivity index (χ0v) is 16.1. The van der Waals surface area contributed by atoms with E-state index in [-0.39, 0.29) is 10.5 Å². The molecule has 1 aromatic carbocycles. The zero-order chi connectivity index (χ0) is 16.7. The number of fused-ring (bicyclic) bond motifs is 3. The van der Waals surface area contributed by atoms with Crippen molar-refractivity contribution in [1.29, 1.82) is 0 Å². The van der Waals surface area contributed by atoms with Crippen LogP contribution in [0.25, 0.3) is 0 Å². The Morgan fingerprint density at radius 1 is 1.22 bits per heavy atom. The van der Waals surface area contributed by atoms with Gasteiger partial charge >= 0.3 is 0 Å². The molecule has 2 nitrogen and oxygen atoms in total. The van der Waals surface area contributed by atoms with Crippen molar-refractivity contribution in [1.82, 2.24) is 0 Å². The van der Waals surface area contributed by atoms with Gasteiger partial charge in [0.25, 0.3) is 0 Å². The molecule has 1 atom stereocenters. The Labute approximate surface area is 141 Å². The van der Waals surface area contributed by atoms with E-state index in [0.717, 1.165) is 19.4 Å². The summed E-state index contributed by atoms with van der Waals surface area (Å²) < 4.78 is 6.46. The number of nitrogens with one attached hydrogen (secondary N) is 1. The Morgan fingerprint density at radius 2 is 1.96 bits per heavy atom. The second kappa shape index (κ2) is 5.64. The highest BCUT2D eigenvalue weighted by molar-refractivity contribution is 6.74. The number of hydrogen-bond donors (Lipinski definition) is 1. The molecule has 23 heavy (non-hydrogen) atoms. The molecule has 0 unspecified atom stereocenters. The van der Waals surface area contributed by atoms with Gasteiger partial charge in [-0.25, -0.2) is 0 Å². The third kappa shape index (κ3) is 2.81. The Bertz CT molecular complexity index is 654. The molecular weight excluding hydrogens is 298 g/mol. The molecule has 0 radical (unpaired) electrons. The minimum absolute atomic E-state index is 0.0167. The molecule has 0 saturated carbocycles. The number of anilines is 1. The van der Waals surface area contributed by atoms with Gasteiger partial charge in [-0.15, -0.1) is 0 Å². The molecule has 0 saturated heterocycles. The summed E-state index contributed by atoms with van der Waals surface area (Å²) in [5, 5.41) is 3.88. The maximum Gasteiger partial charge on any atom is 0.191 e. The molecule has 0 bridgehead atoms. The minimum Gasteiger partial charge on any atom is -0.417 e.